The molecule has 1 aromatic heterocycles. The summed E-state index contributed by atoms with van der Waals surface area (Å²) >= 11 is 6.22. The number of methoxy groups -OCH3 is 1. The predicted octanol–water partition coefficient (Wildman–Crippen LogP) is 4.21. The number of hydrogen-bond donors (Lipinski definition) is 4. The van der Waals surface area contributed by atoms with Crippen molar-refractivity contribution in [2.24, 2.45) is 0 Å². The van der Waals surface area contributed by atoms with Gasteiger partial charge in [0.2, 0.25) is 5.28 Å². The molecule has 0 bridgehead atoms. The number of benzene rings is 1. The second-order valence-electron chi connectivity index (χ2n) is 9.03. The van der Waals surface area contributed by atoms with Gasteiger partial charge in [-0.25, -0.2) is 9.97 Å². The number of ether oxygens (including phenoxy) is 2. The van der Waals surface area contributed by atoms with Crippen LogP contribution < -0.4 is 5.32 Å². The zero-order chi connectivity index (χ0) is 25.2. The van der Waals surface area contributed by atoms with Gasteiger partial charge in [0.15, 0.2) is 5.90 Å². The standard InChI is InChI=1S/C21H30ClN3O8P2/c1-31-15-5-3-14(4-6-15)23-20-17-8-2-13(10-18(17)24-21(22)25-20)19-9-7-16(33-19)11-32-35(29,30)12-34(26,27)28/h2,8,10,14-16,19H,3-7,9,11-12H2,1H3,(H,29,30)(H,23,24,25)(H2,26,27,28)/t14?,15?,16-,19+/m0/s1. The summed E-state index contributed by atoms with van der Waals surface area (Å²) in [6.07, 6.45) is 4.72. The van der Waals surface area contributed by atoms with Crippen molar-refractivity contribution in [2.75, 3.05) is 24.9 Å². The SMILES string of the molecule is COC1CCC(Nc2nc(Cl)nc3cc([C@H]4CC[C@@H](COP(=O)(O)CP(=O)(O)O)O4)ccc23)CC1. The van der Waals surface area contributed by atoms with E-state index in [-0.39, 0.29) is 24.0 Å². The highest BCUT2D eigenvalue weighted by atomic mass is 35.5. The smallest absolute Gasteiger partial charge is 0.340 e. The van der Waals surface area contributed by atoms with Crippen LogP contribution in [0.5, 0.6) is 0 Å². The Morgan fingerprint density at radius 3 is 2.54 bits per heavy atom. The van der Waals surface area contributed by atoms with E-state index in [4.69, 9.17) is 35.4 Å². The van der Waals surface area contributed by atoms with E-state index in [2.05, 4.69) is 15.3 Å². The zero-order valence-corrected chi connectivity index (χ0v) is 21.8. The number of halogens is 1. The van der Waals surface area contributed by atoms with Gasteiger partial charge in [-0.15, -0.1) is 0 Å². The van der Waals surface area contributed by atoms with Crippen LogP contribution in [0.4, 0.5) is 5.82 Å². The van der Waals surface area contributed by atoms with Gasteiger partial charge >= 0.3 is 15.2 Å². The Morgan fingerprint density at radius 2 is 1.86 bits per heavy atom. The van der Waals surface area contributed by atoms with Crippen LogP contribution in [0.15, 0.2) is 18.2 Å². The molecular weight excluding hydrogens is 520 g/mol. The minimum Gasteiger partial charge on any atom is -0.381 e. The van der Waals surface area contributed by atoms with Crippen molar-refractivity contribution >= 4 is 43.5 Å². The topological polar surface area (TPSA) is 160 Å². The molecule has 3 atom stereocenters. The molecule has 1 saturated carbocycles. The van der Waals surface area contributed by atoms with Gasteiger partial charge < -0.3 is 34.0 Å². The van der Waals surface area contributed by atoms with Gasteiger partial charge in [0.05, 0.1) is 30.4 Å². The average Bonchev–Trinajstić information content (AvgIpc) is 3.25. The van der Waals surface area contributed by atoms with Gasteiger partial charge in [0.25, 0.3) is 0 Å². The third-order valence-electron chi connectivity index (χ3n) is 6.35. The molecule has 2 aliphatic rings. The summed E-state index contributed by atoms with van der Waals surface area (Å²) < 4.78 is 39.2. The van der Waals surface area contributed by atoms with Gasteiger partial charge in [-0.3, -0.25) is 9.13 Å². The lowest BCUT2D eigenvalue weighted by atomic mass is 9.93. The van der Waals surface area contributed by atoms with Crippen LogP contribution in [0, 0.1) is 0 Å². The molecule has 14 heteroatoms. The Kier molecular flexibility index (Phi) is 8.53. The lowest BCUT2D eigenvalue weighted by Crippen LogP contribution is -2.29. The second-order valence-corrected chi connectivity index (χ2v) is 13.4. The Labute approximate surface area is 208 Å². The van der Waals surface area contributed by atoms with Crippen LogP contribution in [0.3, 0.4) is 0 Å². The second kappa shape index (κ2) is 11.1. The van der Waals surface area contributed by atoms with E-state index in [1.807, 2.05) is 18.2 Å². The number of fused-ring (bicyclic) bond motifs is 1. The normalized spacial score (nSPS) is 27.1. The van der Waals surface area contributed by atoms with Crippen LogP contribution in [-0.2, 0) is 23.1 Å². The first kappa shape index (κ1) is 26.9. The molecule has 2 aromatic rings. The van der Waals surface area contributed by atoms with E-state index in [0.717, 1.165) is 36.6 Å². The zero-order valence-electron chi connectivity index (χ0n) is 19.2. The van der Waals surface area contributed by atoms with E-state index < -0.39 is 27.2 Å². The number of nitrogens with zero attached hydrogens (tertiary/aromatic N) is 2. The molecule has 194 valence electrons. The molecule has 1 saturated heterocycles. The van der Waals surface area contributed by atoms with Crippen LogP contribution in [0.1, 0.15) is 50.2 Å². The molecular formula is C21H30ClN3O8P2. The highest BCUT2D eigenvalue weighted by molar-refractivity contribution is 7.70. The summed E-state index contributed by atoms with van der Waals surface area (Å²) in [5.41, 5.74) is 1.56. The quantitative estimate of drug-likeness (QED) is 0.262. The fourth-order valence-corrected chi connectivity index (χ4v) is 7.38. The molecule has 0 spiro atoms. The summed E-state index contributed by atoms with van der Waals surface area (Å²) in [6, 6.07) is 6.04. The number of anilines is 1. The first-order valence-electron chi connectivity index (χ1n) is 11.4. The molecule has 0 radical (unpaired) electrons. The summed E-state index contributed by atoms with van der Waals surface area (Å²) in [5.74, 6) is -0.527. The molecule has 1 unspecified atom stereocenters. The molecule has 1 aromatic carbocycles. The number of aromatic nitrogens is 2. The summed E-state index contributed by atoms with van der Waals surface area (Å²) in [6.45, 7) is -0.231. The first-order valence-corrected chi connectivity index (χ1v) is 15.4. The van der Waals surface area contributed by atoms with Crippen molar-refractivity contribution in [3.05, 3.63) is 29.0 Å². The fourth-order valence-electron chi connectivity index (χ4n) is 4.61. The maximum absolute atomic E-state index is 11.9. The molecule has 1 aliphatic carbocycles. The monoisotopic (exact) mass is 549 g/mol. The minimum absolute atomic E-state index is 0.144. The van der Waals surface area contributed by atoms with Crippen molar-refractivity contribution in [2.45, 2.75) is 62.9 Å². The molecule has 1 aliphatic heterocycles. The average molecular weight is 550 g/mol. The van der Waals surface area contributed by atoms with Gasteiger partial charge in [-0.05, 0) is 67.8 Å². The molecule has 4 rings (SSSR count). The number of nitrogens with one attached hydrogen (secondary N) is 1. The third kappa shape index (κ3) is 7.44. The Morgan fingerprint density at radius 1 is 1.11 bits per heavy atom. The van der Waals surface area contributed by atoms with E-state index in [0.29, 0.717) is 30.3 Å². The lowest BCUT2D eigenvalue weighted by Gasteiger charge is -2.28. The molecule has 2 fully saturated rings. The van der Waals surface area contributed by atoms with Crippen molar-refractivity contribution in [3.63, 3.8) is 0 Å². The van der Waals surface area contributed by atoms with Crippen molar-refractivity contribution in [1.82, 2.24) is 9.97 Å². The number of rotatable bonds is 9. The van der Waals surface area contributed by atoms with Crippen molar-refractivity contribution < 1.29 is 37.8 Å². The largest absolute Gasteiger partial charge is 0.381 e. The summed E-state index contributed by atoms with van der Waals surface area (Å²) in [7, 11) is -7.34. The molecule has 4 N–H and O–H groups in total. The Bertz CT molecular complexity index is 1140. The minimum atomic E-state index is -4.67. The Balaban J connectivity index is 1.41. The van der Waals surface area contributed by atoms with Crippen LogP contribution in [-0.4, -0.2) is 62.5 Å². The highest BCUT2D eigenvalue weighted by Crippen LogP contribution is 2.55. The highest BCUT2D eigenvalue weighted by Gasteiger charge is 2.34. The Hall–Kier alpha value is -1.13. The van der Waals surface area contributed by atoms with Crippen molar-refractivity contribution in [1.29, 1.82) is 0 Å². The molecule has 11 nitrogen and oxygen atoms in total. The number of hydrogen-bond acceptors (Lipinski definition) is 8. The van der Waals surface area contributed by atoms with Crippen molar-refractivity contribution in [3.8, 4) is 0 Å². The lowest BCUT2D eigenvalue weighted by molar-refractivity contribution is 0.0150. The fraction of sp³-hybridized carbons (Fsp3) is 0.619. The van der Waals surface area contributed by atoms with Gasteiger partial charge in [-0.1, -0.05) is 6.07 Å². The van der Waals surface area contributed by atoms with Crippen LogP contribution in [0.2, 0.25) is 5.28 Å². The van der Waals surface area contributed by atoms with Crippen LogP contribution >= 0.6 is 26.8 Å². The van der Waals surface area contributed by atoms with E-state index in [9.17, 15) is 14.0 Å². The van der Waals surface area contributed by atoms with Crippen LogP contribution in [0.25, 0.3) is 10.9 Å². The predicted molar refractivity (Wildman–Crippen MR) is 131 cm³/mol. The maximum Gasteiger partial charge on any atom is 0.340 e. The maximum atomic E-state index is 11.9. The van der Waals surface area contributed by atoms with E-state index in [1.165, 1.54) is 0 Å². The van der Waals surface area contributed by atoms with E-state index >= 15 is 0 Å². The third-order valence-corrected chi connectivity index (χ3v) is 9.97. The molecule has 0 amide bonds. The molecule has 2 heterocycles. The first-order chi connectivity index (χ1) is 16.5. The van der Waals surface area contributed by atoms with Gasteiger partial charge in [0.1, 0.15) is 5.82 Å². The summed E-state index contributed by atoms with van der Waals surface area (Å²) in [5, 5.41) is 4.50. The van der Waals surface area contributed by atoms with E-state index in [1.54, 1.807) is 7.11 Å². The molecule has 35 heavy (non-hydrogen) atoms. The van der Waals surface area contributed by atoms with Gasteiger partial charge in [0, 0.05) is 18.5 Å². The summed E-state index contributed by atoms with van der Waals surface area (Å²) in [4.78, 5) is 36.3. The van der Waals surface area contributed by atoms with Gasteiger partial charge in [-0.2, -0.15) is 0 Å².